The molecule has 0 saturated heterocycles. The number of allylic oxidation sites excluding steroid dienone is 10. The topological polar surface area (TPSA) is 274 Å². The minimum atomic E-state index is -0.960. The van der Waals surface area contributed by atoms with Crippen LogP contribution in [0.1, 0.15) is 120 Å². The summed E-state index contributed by atoms with van der Waals surface area (Å²) in [6.07, 6.45) is 11.2. The molecule has 4 aliphatic rings. The second kappa shape index (κ2) is 35.0. The van der Waals surface area contributed by atoms with Crippen LogP contribution < -0.4 is 10.6 Å². The van der Waals surface area contributed by atoms with Crippen LogP contribution in [0.4, 0.5) is 0 Å². The molecular weight excluding hydrogens is 1130 g/mol. The van der Waals surface area contributed by atoms with Gasteiger partial charge in [0.1, 0.15) is 18.0 Å². The highest BCUT2D eigenvalue weighted by molar-refractivity contribution is 6.25. The minimum absolute atomic E-state index is 0.0724. The predicted octanol–water partition coefficient (Wildman–Crippen LogP) is 8.16. The van der Waals surface area contributed by atoms with Crippen LogP contribution in [-0.2, 0) is 78.0 Å². The highest BCUT2D eigenvalue weighted by Gasteiger charge is 2.36. The quantitative estimate of drug-likeness (QED) is 0.0924. The van der Waals surface area contributed by atoms with Crippen molar-refractivity contribution in [3.63, 3.8) is 0 Å². The van der Waals surface area contributed by atoms with Gasteiger partial charge >= 0.3 is 11.9 Å². The van der Waals surface area contributed by atoms with Crippen molar-refractivity contribution >= 4 is 52.7 Å². The molecule has 478 valence electrons. The molecule has 5 rings (SSSR count). The third-order valence-electron chi connectivity index (χ3n) is 15.8. The number of benzene rings is 1. The maximum atomic E-state index is 13.9. The van der Waals surface area contributed by atoms with Gasteiger partial charge in [-0.1, -0.05) is 107 Å². The fraction of sp³-hybridized carbons (Fsp3) is 0.493. The highest BCUT2D eigenvalue weighted by atomic mass is 16.6. The first-order chi connectivity index (χ1) is 41.5. The van der Waals surface area contributed by atoms with Gasteiger partial charge in [0.25, 0.3) is 11.8 Å². The van der Waals surface area contributed by atoms with E-state index in [1.807, 2.05) is 64.1 Å². The number of aryl methyl sites for hydroxylation is 1. The molecule has 0 aromatic heterocycles. The van der Waals surface area contributed by atoms with Crippen molar-refractivity contribution < 1.29 is 81.8 Å². The Bertz CT molecular complexity index is 3080. The zero-order valence-corrected chi connectivity index (χ0v) is 53.6. The number of fused-ring (bicyclic) bond motifs is 4. The molecular formula is C69H90N2O17. The van der Waals surface area contributed by atoms with Gasteiger partial charge in [0, 0.05) is 106 Å². The summed E-state index contributed by atoms with van der Waals surface area (Å²) in [5, 5.41) is 27.8. The number of Topliss-reactive ketones (excluding diaryl/α,β-unsaturated/α-hetero) is 3. The van der Waals surface area contributed by atoms with E-state index in [0.717, 1.165) is 11.6 Å². The van der Waals surface area contributed by atoms with Crippen molar-refractivity contribution in [2.45, 2.75) is 170 Å². The molecule has 2 heterocycles. The Morgan fingerprint density at radius 2 is 0.955 bits per heavy atom. The van der Waals surface area contributed by atoms with Crippen LogP contribution in [0.5, 0.6) is 0 Å². The SMILES string of the molecule is CO[C@H]1/C=C\C=C(/C)C(=O)NC2=CC(=O)C(CC(C)=O)=C(C[C@@H](C)C[C@H](OC)[C@H](O)[C@@H](C)/C=C(\C)C1OC(C)=O)C2=O.CO[C@H]1/C=C\C=C(/C)C(=O)NC2=CC(=O)C(CCc3ccccc3)=C(C[C@@H](C)C[C@H](OC)[C@H](O)[C@@H](C)/C=C(\C)C1OC(C)=O)C2=O. The second-order valence-corrected chi connectivity index (χ2v) is 23.3. The molecule has 19 nitrogen and oxygen atoms in total. The van der Waals surface area contributed by atoms with Crippen molar-refractivity contribution in [1.82, 2.24) is 10.6 Å². The Kier molecular flexibility index (Phi) is 29.0. The molecule has 1 aromatic rings. The average molecular weight is 1220 g/mol. The standard InChI is InChI=1S/C37H47NO8.C32H43NO9/c1-22-18-29-28(17-16-27-13-9-8-10-14-27)31(40)21-30(35(29)42)38-37(43)23(2)12-11-15-32(44-6)36(46-26(5)39)25(4)20-24(3)34(41)33(19-22)45-7;1-17-12-24-23(15-21(5)34)26(36)16-25(30(24)38)33-32(39)18(2)10-9-11-27(40-7)31(42-22(6)35)20(4)14-19(3)29(37)28(13-17)41-8/h8-15,20-22,24,32-34,36,41H,16-19H2,1-7H3,(H,38,43);9-11,14,16-17,19,27-29,31,37H,12-13,15H2,1-8H3,(H,33,39)/b15-11-,23-12+,25-20+;11-9-,18-10+,20-14+/t22-,24+,32+,33+,34-,36?;17-,19+,27+,28+,29-,31?/m11/s1. The van der Waals surface area contributed by atoms with Crippen molar-refractivity contribution in [2.24, 2.45) is 23.7 Å². The number of aliphatic hydroxyl groups is 2. The largest absolute Gasteiger partial charge is 0.455 e. The second-order valence-electron chi connectivity index (χ2n) is 23.3. The Hall–Kier alpha value is -7.39. The zero-order valence-electron chi connectivity index (χ0n) is 53.6. The van der Waals surface area contributed by atoms with E-state index in [-0.39, 0.29) is 76.4 Å². The van der Waals surface area contributed by atoms with E-state index >= 15 is 0 Å². The zero-order chi connectivity index (χ0) is 65.7. The number of ketones is 5. The number of aliphatic hydroxyl groups excluding tert-OH is 2. The molecule has 4 N–H and O–H groups in total. The average Bonchev–Trinajstić information content (AvgIpc) is 3.63. The van der Waals surface area contributed by atoms with Crippen LogP contribution in [0.2, 0.25) is 0 Å². The number of methoxy groups -OCH3 is 4. The number of hydrogen-bond donors (Lipinski definition) is 4. The summed E-state index contributed by atoms with van der Waals surface area (Å²) >= 11 is 0. The molecule has 0 fully saturated rings. The van der Waals surface area contributed by atoms with Gasteiger partial charge in [-0.2, -0.15) is 0 Å². The van der Waals surface area contributed by atoms with E-state index in [2.05, 4.69) is 10.6 Å². The minimum Gasteiger partial charge on any atom is -0.455 e. The number of amides is 2. The molecule has 0 spiro atoms. The number of hydrogen-bond acceptors (Lipinski definition) is 17. The van der Waals surface area contributed by atoms with Crippen molar-refractivity contribution in [1.29, 1.82) is 0 Å². The van der Waals surface area contributed by atoms with E-state index in [0.29, 0.717) is 48.0 Å². The molecule has 2 unspecified atom stereocenters. The van der Waals surface area contributed by atoms with Gasteiger partial charge in [-0.15, -0.1) is 0 Å². The van der Waals surface area contributed by atoms with Crippen LogP contribution >= 0.6 is 0 Å². The van der Waals surface area contributed by atoms with Gasteiger partial charge in [0.05, 0.1) is 35.8 Å². The van der Waals surface area contributed by atoms with Gasteiger partial charge in [0.15, 0.2) is 23.8 Å². The first-order valence-electron chi connectivity index (χ1n) is 29.7. The van der Waals surface area contributed by atoms with Gasteiger partial charge in [-0.25, -0.2) is 0 Å². The molecule has 2 amide bonds. The van der Waals surface area contributed by atoms with Crippen molar-refractivity contribution in [2.75, 3.05) is 28.4 Å². The Morgan fingerprint density at radius 1 is 0.557 bits per heavy atom. The Morgan fingerprint density at radius 3 is 1.33 bits per heavy atom. The Balaban J connectivity index is 0.000000378. The lowest BCUT2D eigenvalue weighted by atomic mass is 9.82. The first-order valence-corrected chi connectivity index (χ1v) is 29.7. The van der Waals surface area contributed by atoms with Gasteiger partial charge in [-0.3, -0.25) is 43.2 Å². The van der Waals surface area contributed by atoms with Crippen LogP contribution in [-0.4, -0.2) is 140 Å². The normalized spacial score (nSPS) is 30.8. The molecule has 4 bridgehead atoms. The van der Waals surface area contributed by atoms with E-state index in [1.54, 1.807) is 64.2 Å². The molecule has 19 heteroatoms. The fourth-order valence-electron chi connectivity index (χ4n) is 11.0. The lowest BCUT2D eigenvalue weighted by molar-refractivity contribution is -0.149. The first kappa shape index (κ1) is 73.1. The van der Waals surface area contributed by atoms with E-state index in [9.17, 15) is 53.4 Å². The predicted molar refractivity (Wildman–Crippen MR) is 331 cm³/mol. The summed E-state index contributed by atoms with van der Waals surface area (Å²) in [5.74, 6) is -5.36. The molecule has 2 aliphatic heterocycles. The van der Waals surface area contributed by atoms with Crippen molar-refractivity contribution in [3.8, 4) is 0 Å². The number of carbonyl (C=O) groups excluding carboxylic acids is 9. The fourth-order valence-corrected chi connectivity index (χ4v) is 11.0. The molecule has 88 heavy (non-hydrogen) atoms. The summed E-state index contributed by atoms with van der Waals surface area (Å²) in [5.41, 5.74) is 3.74. The Labute approximate surface area is 517 Å². The lowest BCUT2D eigenvalue weighted by Crippen LogP contribution is -2.36. The van der Waals surface area contributed by atoms with Gasteiger partial charge in [0.2, 0.25) is 11.6 Å². The third-order valence-corrected chi connectivity index (χ3v) is 15.8. The van der Waals surface area contributed by atoms with Gasteiger partial charge in [-0.05, 0) is 102 Å². The summed E-state index contributed by atoms with van der Waals surface area (Å²) < 4.78 is 33.8. The lowest BCUT2D eigenvalue weighted by Gasteiger charge is -2.30. The molecule has 0 saturated carbocycles. The number of ether oxygens (including phenoxy) is 6. The molecule has 1 aromatic carbocycles. The van der Waals surface area contributed by atoms with E-state index in [4.69, 9.17) is 28.4 Å². The van der Waals surface area contributed by atoms with Crippen LogP contribution in [0.3, 0.4) is 0 Å². The van der Waals surface area contributed by atoms with Crippen LogP contribution in [0, 0.1) is 23.7 Å². The van der Waals surface area contributed by atoms with Gasteiger partial charge < -0.3 is 49.3 Å². The number of rotatable bonds is 11. The summed E-state index contributed by atoms with van der Waals surface area (Å²) in [4.78, 5) is 116. The van der Waals surface area contributed by atoms with Crippen LogP contribution in [0.15, 0.2) is 147 Å². The molecule has 0 radical (unpaired) electrons. The highest BCUT2D eigenvalue weighted by Crippen LogP contribution is 2.33. The van der Waals surface area contributed by atoms with Crippen LogP contribution in [0.25, 0.3) is 0 Å². The number of esters is 2. The van der Waals surface area contributed by atoms with E-state index < -0.39 is 102 Å². The maximum Gasteiger partial charge on any atom is 0.303 e. The van der Waals surface area contributed by atoms with E-state index in [1.165, 1.54) is 61.4 Å². The molecule has 12 atom stereocenters. The monoisotopic (exact) mass is 1220 g/mol. The third kappa shape index (κ3) is 21.2. The summed E-state index contributed by atoms with van der Waals surface area (Å²) in [7, 11) is 5.95. The number of carbonyl (C=O) groups is 9. The summed E-state index contributed by atoms with van der Waals surface area (Å²) in [6, 6.07) is 9.74. The summed E-state index contributed by atoms with van der Waals surface area (Å²) in [6.45, 7) is 18.1. The van der Waals surface area contributed by atoms with Crippen molar-refractivity contribution in [3.05, 3.63) is 153 Å². The maximum absolute atomic E-state index is 13.9. The smallest absolute Gasteiger partial charge is 0.303 e. The molecule has 2 aliphatic carbocycles. The number of nitrogens with one attached hydrogen (secondary N) is 2.